The lowest BCUT2D eigenvalue weighted by Crippen LogP contribution is -1.98. The first-order chi connectivity index (χ1) is 12.0. The number of non-ortho nitro benzene ring substituents is 1. The minimum absolute atomic E-state index is 0.143. The summed E-state index contributed by atoms with van der Waals surface area (Å²) in [4.78, 5) is 14.3. The highest BCUT2D eigenvalue weighted by molar-refractivity contribution is 6.35. The Morgan fingerprint density at radius 2 is 2.08 bits per heavy atom. The Morgan fingerprint density at radius 3 is 2.76 bits per heavy atom. The highest BCUT2D eigenvalue weighted by atomic mass is 35.5. The molecule has 8 nitrogen and oxygen atoms in total. The Labute approximate surface area is 151 Å². The van der Waals surface area contributed by atoms with E-state index >= 15 is 0 Å². The summed E-state index contributed by atoms with van der Waals surface area (Å²) < 4.78 is 1.44. The molecule has 124 valence electrons. The fourth-order valence-electron chi connectivity index (χ4n) is 2.08. The van der Waals surface area contributed by atoms with Crippen LogP contribution in [0.1, 0.15) is 5.56 Å². The van der Waals surface area contributed by atoms with E-state index in [0.717, 1.165) is 0 Å². The molecule has 0 bridgehead atoms. The Bertz CT molecular complexity index is 1010. The molecule has 0 amide bonds. The zero-order valence-electron chi connectivity index (χ0n) is 12.3. The molecular formula is C15H8Cl2N6O2. The number of nitro benzene ring substituents is 1. The first-order valence-corrected chi connectivity index (χ1v) is 7.55. The minimum atomic E-state index is -0.559. The fraction of sp³-hybridized carbons (Fsp3) is 0. The summed E-state index contributed by atoms with van der Waals surface area (Å²) in [6.45, 7) is 0. The second-order valence-electron chi connectivity index (χ2n) is 4.86. The van der Waals surface area contributed by atoms with Gasteiger partial charge in [-0.2, -0.15) is 10.4 Å². The molecule has 0 aliphatic heterocycles. The van der Waals surface area contributed by atoms with Crippen LogP contribution in [0.3, 0.4) is 0 Å². The number of nitrogens with one attached hydrogen (secondary N) is 1. The molecule has 10 heteroatoms. The molecule has 0 saturated heterocycles. The summed E-state index contributed by atoms with van der Waals surface area (Å²) in [7, 11) is 0. The number of nitro groups is 1. The third-order valence-corrected chi connectivity index (χ3v) is 3.69. The van der Waals surface area contributed by atoms with E-state index in [1.165, 1.54) is 35.3 Å². The molecule has 0 unspecified atom stereocenters. The van der Waals surface area contributed by atoms with Gasteiger partial charge in [0.2, 0.25) is 0 Å². The van der Waals surface area contributed by atoms with Gasteiger partial charge in [0, 0.05) is 18.3 Å². The number of benzene rings is 1. The van der Waals surface area contributed by atoms with Gasteiger partial charge < -0.3 is 5.32 Å². The molecule has 3 rings (SSSR count). The highest BCUT2D eigenvalue weighted by Crippen LogP contribution is 2.26. The number of anilines is 2. The number of aromatic nitrogens is 3. The number of pyridine rings is 1. The van der Waals surface area contributed by atoms with Crippen LogP contribution >= 0.6 is 23.2 Å². The van der Waals surface area contributed by atoms with Gasteiger partial charge in [-0.15, -0.1) is 0 Å². The molecule has 0 spiro atoms. The van der Waals surface area contributed by atoms with E-state index in [2.05, 4.69) is 15.4 Å². The molecule has 0 aliphatic rings. The van der Waals surface area contributed by atoms with E-state index in [1.54, 1.807) is 12.3 Å². The van der Waals surface area contributed by atoms with E-state index in [1.807, 2.05) is 6.07 Å². The fourth-order valence-corrected chi connectivity index (χ4v) is 2.55. The van der Waals surface area contributed by atoms with Crippen molar-refractivity contribution >= 4 is 40.3 Å². The number of hydrogen-bond donors (Lipinski definition) is 1. The van der Waals surface area contributed by atoms with Crippen LogP contribution < -0.4 is 5.32 Å². The second-order valence-corrected chi connectivity index (χ2v) is 5.70. The average molecular weight is 375 g/mol. The highest BCUT2D eigenvalue weighted by Gasteiger charge is 2.12. The Hall–Kier alpha value is -3.15. The normalized spacial score (nSPS) is 10.3. The quantitative estimate of drug-likeness (QED) is 0.543. The van der Waals surface area contributed by atoms with Crippen LogP contribution in [-0.4, -0.2) is 19.7 Å². The second kappa shape index (κ2) is 6.76. The number of nitrogens with zero attached hydrogens (tertiary/aromatic N) is 5. The van der Waals surface area contributed by atoms with Crippen LogP contribution in [0.5, 0.6) is 0 Å². The maximum absolute atomic E-state index is 10.8. The minimum Gasteiger partial charge on any atom is -0.352 e. The molecule has 2 heterocycles. The van der Waals surface area contributed by atoms with Gasteiger partial charge in [-0.25, -0.2) is 9.67 Å². The molecule has 2 aromatic heterocycles. The van der Waals surface area contributed by atoms with Crippen molar-refractivity contribution in [3.63, 3.8) is 0 Å². The zero-order chi connectivity index (χ0) is 18.0. The third kappa shape index (κ3) is 3.52. The molecule has 0 fully saturated rings. The van der Waals surface area contributed by atoms with Gasteiger partial charge in [-0.3, -0.25) is 10.1 Å². The molecule has 0 saturated carbocycles. The van der Waals surface area contributed by atoms with Crippen molar-refractivity contribution in [2.45, 2.75) is 0 Å². The van der Waals surface area contributed by atoms with Crippen molar-refractivity contribution in [1.82, 2.24) is 14.8 Å². The maximum Gasteiger partial charge on any atom is 0.270 e. The largest absolute Gasteiger partial charge is 0.352 e. The molecule has 0 aliphatic carbocycles. The van der Waals surface area contributed by atoms with E-state index in [-0.39, 0.29) is 11.3 Å². The van der Waals surface area contributed by atoms with Crippen molar-refractivity contribution in [2.24, 2.45) is 0 Å². The lowest BCUT2D eigenvalue weighted by atomic mass is 10.1. The van der Waals surface area contributed by atoms with Crippen molar-refractivity contribution in [2.75, 3.05) is 5.32 Å². The van der Waals surface area contributed by atoms with Crippen LogP contribution in [0.4, 0.5) is 17.1 Å². The lowest BCUT2D eigenvalue weighted by molar-refractivity contribution is -0.384. The van der Waals surface area contributed by atoms with Gasteiger partial charge in [0.15, 0.2) is 5.82 Å². The molecular weight excluding hydrogens is 367 g/mol. The molecule has 3 aromatic rings. The summed E-state index contributed by atoms with van der Waals surface area (Å²) in [6.07, 6.45) is 4.57. The molecule has 0 radical (unpaired) electrons. The van der Waals surface area contributed by atoms with Crippen molar-refractivity contribution < 1.29 is 4.92 Å². The topological polar surface area (TPSA) is 110 Å². The van der Waals surface area contributed by atoms with E-state index < -0.39 is 4.92 Å². The van der Waals surface area contributed by atoms with Crippen molar-refractivity contribution in [1.29, 1.82) is 5.26 Å². The lowest BCUT2D eigenvalue weighted by Gasteiger charge is -2.06. The van der Waals surface area contributed by atoms with Gasteiger partial charge in [0.25, 0.3) is 5.69 Å². The van der Waals surface area contributed by atoms with Crippen LogP contribution in [0, 0.1) is 21.4 Å². The first kappa shape index (κ1) is 16.7. The summed E-state index contributed by atoms with van der Waals surface area (Å²) in [5, 5.41) is 27.8. The van der Waals surface area contributed by atoms with E-state index in [4.69, 9.17) is 23.2 Å². The van der Waals surface area contributed by atoms with E-state index in [9.17, 15) is 15.4 Å². The van der Waals surface area contributed by atoms with E-state index in [0.29, 0.717) is 27.2 Å². The zero-order valence-corrected chi connectivity index (χ0v) is 13.9. The van der Waals surface area contributed by atoms with Crippen LogP contribution in [-0.2, 0) is 0 Å². The molecule has 0 atom stereocenters. The predicted octanol–water partition coefficient (Wildman–Crippen LogP) is 4.10. The molecule has 1 N–H and O–H groups in total. The third-order valence-electron chi connectivity index (χ3n) is 3.20. The Morgan fingerprint density at radius 1 is 1.28 bits per heavy atom. The van der Waals surface area contributed by atoms with Crippen LogP contribution in [0.15, 0.2) is 42.9 Å². The molecule has 25 heavy (non-hydrogen) atoms. The number of rotatable bonds is 4. The van der Waals surface area contributed by atoms with Gasteiger partial charge >= 0.3 is 0 Å². The maximum atomic E-state index is 10.8. The standard InChI is InChI=1S/C15H8Cl2N6O2/c16-10-4-13(17)15(19-6-10)22-8-11(7-20-22)21-14-2-1-12(23(24)25)3-9(14)5-18/h1-4,6-8,21H. The Kier molecular flexibility index (Phi) is 4.52. The van der Waals surface area contributed by atoms with Crippen LogP contribution in [0.25, 0.3) is 5.82 Å². The van der Waals surface area contributed by atoms with Gasteiger partial charge in [-0.1, -0.05) is 23.2 Å². The summed E-state index contributed by atoms with van der Waals surface area (Å²) in [5.41, 5.74) is 0.959. The van der Waals surface area contributed by atoms with Gasteiger partial charge in [-0.05, 0) is 12.1 Å². The van der Waals surface area contributed by atoms with Crippen molar-refractivity contribution in [3.8, 4) is 11.9 Å². The Balaban J connectivity index is 1.89. The SMILES string of the molecule is N#Cc1cc([N+](=O)[O-])ccc1Nc1cnn(-c2ncc(Cl)cc2Cl)c1. The number of nitriles is 1. The van der Waals surface area contributed by atoms with Crippen LogP contribution in [0.2, 0.25) is 10.0 Å². The number of halogens is 2. The summed E-state index contributed by atoms with van der Waals surface area (Å²) >= 11 is 11.9. The smallest absolute Gasteiger partial charge is 0.270 e. The molecule has 1 aromatic carbocycles. The van der Waals surface area contributed by atoms with Crippen molar-refractivity contribution in [3.05, 3.63) is 68.6 Å². The summed E-state index contributed by atoms with van der Waals surface area (Å²) in [6, 6.07) is 7.44. The summed E-state index contributed by atoms with van der Waals surface area (Å²) in [5.74, 6) is 0.392. The first-order valence-electron chi connectivity index (χ1n) is 6.79. The average Bonchev–Trinajstić information content (AvgIpc) is 3.03. The monoisotopic (exact) mass is 374 g/mol. The predicted molar refractivity (Wildman–Crippen MR) is 92.5 cm³/mol. The van der Waals surface area contributed by atoms with Gasteiger partial charge in [0.1, 0.15) is 6.07 Å². The van der Waals surface area contributed by atoms with Gasteiger partial charge in [0.05, 0.1) is 44.3 Å². The number of hydrogen-bond acceptors (Lipinski definition) is 6.